The lowest BCUT2D eigenvalue weighted by Gasteiger charge is -2.18. The maximum atomic E-state index is 12.9. The molecular formula is C65H114O6. The zero-order valence-electron chi connectivity index (χ0n) is 47.0. The number of allylic oxidation sites excluding steroid dienone is 12. The molecule has 0 fully saturated rings. The minimum absolute atomic E-state index is 0.0869. The molecular weight excluding hydrogens is 877 g/mol. The Morgan fingerprint density at radius 2 is 0.549 bits per heavy atom. The Morgan fingerprint density at radius 1 is 0.296 bits per heavy atom. The fourth-order valence-electron chi connectivity index (χ4n) is 8.60. The third kappa shape index (κ3) is 57.6. The van der Waals surface area contributed by atoms with Crippen LogP contribution in [0, 0.1) is 0 Å². The van der Waals surface area contributed by atoms with Crippen molar-refractivity contribution in [3.63, 3.8) is 0 Å². The minimum atomic E-state index is -0.791. The number of hydrogen-bond acceptors (Lipinski definition) is 6. The van der Waals surface area contributed by atoms with E-state index in [1.54, 1.807) is 0 Å². The van der Waals surface area contributed by atoms with Crippen LogP contribution in [0.1, 0.15) is 303 Å². The van der Waals surface area contributed by atoms with Crippen molar-refractivity contribution in [1.82, 2.24) is 0 Å². The largest absolute Gasteiger partial charge is 0.462 e. The van der Waals surface area contributed by atoms with Crippen molar-refractivity contribution in [3.8, 4) is 0 Å². The molecule has 0 saturated heterocycles. The van der Waals surface area contributed by atoms with E-state index >= 15 is 0 Å². The van der Waals surface area contributed by atoms with E-state index in [0.717, 1.165) is 89.9 Å². The van der Waals surface area contributed by atoms with E-state index in [4.69, 9.17) is 14.2 Å². The molecule has 1 atom stereocenters. The molecule has 0 N–H and O–H groups in total. The molecule has 0 rings (SSSR count). The first-order chi connectivity index (χ1) is 35.0. The van der Waals surface area contributed by atoms with Crippen molar-refractivity contribution < 1.29 is 28.6 Å². The van der Waals surface area contributed by atoms with E-state index in [0.29, 0.717) is 19.3 Å². The lowest BCUT2D eigenvalue weighted by atomic mass is 10.1. The van der Waals surface area contributed by atoms with Crippen molar-refractivity contribution in [1.29, 1.82) is 0 Å². The number of carbonyl (C=O) groups excluding carboxylic acids is 3. The van der Waals surface area contributed by atoms with Gasteiger partial charge < -0.3 is 14.2 Å². The molecule has 0 aromatic rings. The SMILES string of the molecule is CC/C=C\C/C=C\C/C=C\CCCCCC(=O)OCC(COC(=O)CCCCCCCCCCC/C=C\C/C=C\CCCCCCC)OC(=O)CCCCCCCCCCC/C=C\CCCCCCCC. The molecule has 0 aliphatic rings. The molecule has 1 unspecified atom stereocenters. The number of rotatable bonds is 55. The molecule has 0 aliphatic heterocycles. The summed E-state index contributed by atoms with van der Waals surface area (Å²) < 4.78 is 16.9. The van der Waals surface area contributed by atoms with Crippen LogP contribution in [0.2, 0.25) is 0 Å². The fourth-order valence-corrected chi connectivity index (χ4v) is 8.60. The average molecular weight is 992 g/mol. The Kier molecular flexibility index (Phi) is 56.8. The lowest BCUT2D eigenvalue weighted by Crippen LogP contribution is -2.30. The molecule has 0 saturated carbocycles. The molecule has 0 aliphatic carbocycles. The monoisotopic (exact) mass is 991 g/mol. The standard InChI is InChI=1S/C65H114O6/c1-4-7-10-13-16-19-22-25-27-29-31-32-34-35-37-40-43-46-49-52-55-58-64(67)70-61-62(60-69-63(66)57-54-51-48-45-42-39-24-21-18-15-12-9-6-3)71-65(68)59-56-53-50-47-44-41-38-36-33-30-28-26-23-20-17-14-11-8-5-2/h9,12,18,21-22,25-26,28-29,31,39,42,62H,4-8,10-11,13-17,19-20,23-24,27,30,32-38,40-41,43-61H2,1-3H3/b12-9-,21-18-,25-22-,28-26-,31-29-,42-39-. The van der Waals surface area contributed by atoms with Gasteiger partial charge in [0, 0.05) is 19.3 Å². The molecule has 0 spiro atoms. The van der Waals surface area contributed by atoms with Crippen LogP contribution in [0.5, 0.6) is 0 Å². The van der Waals surface area contributed by atoms with Gasteiger partial charge in [-0.15, -0.1) is 0 Å². The molecule has 6 nitrogen and oxygen atoms in total. The van der Waals surface area contributed by atoms with Gasteiger partial charge in [0.05, 0.1) is 0 Å². The highest BCUT2D eigenvalue weighted by Crippen LogP contribution is 2.16. The smallest absolute Gasteiger partial charge is 0.306 e. The topological polar surface area (TPSA) is 78.9 Å². The van der Waals surface area contributed by atoms with Crippen LogP contribution in [0.4, 0.5) is 0 Å². The van der Waals surface area contributed by atoms with Crippen LogP contribution >= 0.6 is 0 Å². The second-order valence-corrected chi connectivity index (χ2v) is 20.2. The Labute approximate surface area is 440 Å². The number of hydrogen-bond donors (Lipinski definition) is 0. The Morgan fingerprint density at radius 3 is 0.887 bits per heavy atom. The zero-order chi connectivity index (χ0) is 51.4. The summed E-state index contributed by atoms with van der Waals surface area (Å²) in [6, 6.07) is 0. The van der Waals surface area contributed by atoms with Gasteiger partial charge in [-0.1, -0.05) is 248 Å². The van der Waals surface area contributed by atoms with Gasteiger partial charge in [0.25, 0.3) is 0 Å². The summed E-state index contributed by atoms with van der Waals surface area (Å²) in [7, 11) is 0. The number of ether oxygens (including phenoxy) is 3. The number of unbranched alkanes of at least 4 members (excludes halogenated alkanes) is 32. The molecule has 0 aromatic carbocycles. The van der Waals surface area contributed by atoms with Crippen LogP contribution in [0.15, 0.2) is 72.9 Å². The van der Waals surface area contributed by atoms with Gasteiger partial charge in [-0.05, 0) is 109 Å². The van der Waals surface area contributed by atoms with Crippen molar-refractivity contribution in [2.75, 3.05) is 13.2 Å². The zero-order valence-corrected chi connectivity index (χ0v) is 47.0. The van der Waals surface area contributed by atoms with E-state index in [2.05, 4.69) is 93.7 Å². The van der Waals surface area contributed by atoms with Crippen molar-refractivity contribution >= 4 is 17.9 Å². The summed E-state index contributed by atoms with van der Waals surface area (Å²) in [5, 5.41) is 0. The number of esters is 3. The van der Waals surface area contributed by atoms with Gasteiger partial charge in [-0.3, -0.25) is 14.4 Å². The van der Waals surface area contributed by atoms with E-state index in [9.17, 15) is 14.4 Å². The molecule has 6 heteroatoms. The van der Waals surface area contributed by atoms with Crippen LogP contribution in [0.25, 0.3) is 0 Å². The van der Waals surface area contributed by atoms with Crippen LogP contribution in [0.3, 0.4) is 0 Å². The molecule has 410 valence electrons. The van der Waals surface area contributed by atoms with E-state index in [1.807, 2.05) is 0 Å². The van der Waals surface area contributed by atoms with Crippen molar-refractivity contribution in [3.05, 3.63) is 72.9 Å². The third-order valence-electron chi connectivity index (χ3n) is 13.2. The summed E-state index contributed by atoms with van der Waals surface area (Å²) in [6.07, 6.45) is 76.2. The second kappa shape index (κ2) is 59.4. The predicted octanol–water partition coefficient (Wildman–Crippen LogP) is 20.5. The van der Waals surface area contributed by atoms with Gasteiger partial charge in [-0.2, -0.15) is 0 Å². The van der Waals surface area contributed by atoms with Crippen LogP contribution in [-0.2, 0) is 28.6 Å². The van der Waals surface area contributed by atoms with Crippen LogP contribution < -0.4 is 0 Å². The lowest BCUT2D eigenvalue weighted by molar-refractivity contribution is -0.167. The molecule has 0 amide bonds. The van der Waals surface area contributed by atoms with E-state index in [1.165, 1.54) is 173 Å². The van der Waals surface area contributed by atoms with Gasteiger partial charge >= 0.3 is 17.9 Å². The van der Waals surface area contributed by atoms with Gasteiger partial charge in [-0.25, -0.2) is 0 Å². The highest BCUT2D eigenvalue weighted by Gasteiger charge is 2.19. The average Bonchev–Trinajstić information content (AvgIpc) is 3.37. The predicted molar refractivity (Wildman–Crippen MR) is 307 cm³/mol. The summed E-state index contributed by atoms with van der Waals surface area (Å²) >= 11 is 0. The maximum absolute atomic E-state index is 12.9. The molecule has 71 heavy (non-hydrogen) atoms. The summed E-state index contributed by atoms with van der Waals surface area (Å²) in [5.41, 5.74) is 0. The highest BCUT2D eigenvalue weighted by atomic mass is 16.6. The normalized spacial score (nSPS) is 12.5. The van der Waals surface area contributed by atoms with E-state index in [-0.39, 0.29) is 31.1 Å². The third-order valence-corrected chi connectivity index (χ3v) is 13.2. The van der Waals surface area contributed by atoms with Gasteiger partial charge in [0.1, 0.15) is 13.2 Å². The first-order valence-electron chi connectivity index (χ1n) is 30.4. The van der Waals surface area contributed by atoms with E-state index < -0.39 is 6.10 Å². The second-order valence-electron chi connectivity index (χ2n) is 20.2. The minimum Gasteiger partial charge on any atom is -0.462 e. The quantitative estimate of drug-likeness (QED) is 0.0261. The Hall–Kier alpha value is -3.15. The Bertz CT molecular complexity index is 1320. The van der Waals surface area contributed by atoms with Crippen molar-refractivity contribution in [2.45, 2.75) is 309 Å². The first-order valence-corrected chi connectivity index (χ1v) is 30.4. The summed E-state index contributed by atoms with van der Waals surface area (Å²) in [4.78, 5) is 38.2. The molecule has 0 aromatic heterocycles. The number of carbonyl (C=O) groups is 3. The molecule has 0 radical (unpaired) electrons. The molecule has 0 bridgehead atoms. The highest BCUT2D eigenvalue weighted by molar-refractivity contribution is 5.71. The summed E-state index contributed by atoms with van der Waals surface area (Å²) in [5.74, 6) is -0.913. The van der Waals surface area contributed by atoms with Crippen LogP contribution in [-0.4, -0.2) is 37.2 Å². The first kappa shape index (κ1) is 67.8. The molecule has 0 heterocycles. The summed E-state index contributed by atoms with van der Waals surface area (Å²) in [6.45, 7) is 6.51. The Balaban J connectivity index is 4.36. The van der Waals surface area contributed by atoms with Gasteiger partial charge in [0.2, 0.25) is 0 Å². The van der Waals surface area contributed by atoms with Gasteiger partial charge in [0.15, 0.2) is 6.10 Å². The fraction of sp³-hybridized carbons (Fsp3) is 0.769. The van der Waals surface area contributed by atoms with Crippen molar-refractivity contribution in [2.24, 2.45) is 0 Å². The maximum Gasteiger partial charge on any atom is 0.306 e.